The molecule has 2 nitrogen and oxygen atoms in total. The molecule has 0 amide bonds. The van der Waals surface area contributed by atoms with E-state index in [-0.39, 0.29) is 10.7 Å². The maximum Gasteiger partial charge on any atom is 0.310 e. The summed E-state index contributed by atoms with van der Waals surface area (Å²) in [6, 6.07) is 8.57. The third-order valence-electron chi connectivity index (χ3n) is 3.10. The van der Waals surface area contributed by atoms with Crippen molar-refractivity contribution < 1.29 is 19.4 Å². The first-order chi connectivity index (χ1) is 9.94. The predicted molar refractivity (Wildman–Crippen MR) is 77.0 cm³/mol. The van der Waals surface area contributed by atoms with Gasteiger partial charge in [0.1, 0.15) is 4.90 Å². The summed E-state index contributed by atoms with van der Waals surface area (Å²) in [5.41, 5.74) is 0.646. The lowest BCUT2D eigenvalue weighted by Gasteiger charge is -2.40. The van der Waals surface area contributed by atoms with E-state index in [2.05, 4.69) is 25.9 Å². The summed E-state index contributed by atoms with van der Waals surface area (Å²) in [5, 5.41) is -0.0298. The fraction of sp³-hybridized carbons (Fsp3) is 0.0769. The molecule has 9 heteroatoms. The Morgan fingerprint density at radius 2 is 1.50 bits per heavy atom. The summed E-state index contributed by atoms with van der Waals surface area (Å²) in [6.45, 7) is 0. The van der Waals surface area contributed by atoms with Crippen LogP contribution in [-0.4, -0.2) is 0 Å². The molecule has 0 N–H and O–H groups in total. The Bertz CT molecular complexity index is 895. The molecule has 0 bridgehead atoms. The molecule has 0 saturated heterocycles. The summed E-state index contributed by atoms with van der Waals surface area (Å²) in [5.74, 6) is 0. The van der Waals surface area contributed by atoms with E-state index in [1.807, 2.05) is 0 Å². The van der Waals surface area contributed by atoms with Crippen molar-refractivity contribution in [3.05, 3.63) is 63.2 Å². The lowest BCUT2D eigenvalue weighted by atomic mass is 10.2. The highest BCUT2D eigenvalue weighted by Crippen LogP contribution is 3.01. The third kappa shape index (κ3) is 2.87. The van der Waals surface area contributed by atoms with Gasteiger partial charge < -0.3 is 0 Å². The number of fused-ring (bicyclic) bond motifs is 1. The van der Waals surface area contributed by atoms with Gasteiger partial charge >= 0.3 is 10.2 Å². The largest absolute Gasteiger partial charge is 0.310 e. The van der Waals surface area contributed by atoms with Crippen LogP contribution >= 0.6 is 26.2 Å². The maximum absolute atomic E-state index is 12.8. The molecule has 1 heterocycles. The van der Waals surface area contributed by atoms with Gasteiger partial charge in [0.2, 0.25) is 0 Å². The Morgan fingerprint density at radius 3 is 2.14 bits per heavy atom. The quantitative estimate of drug-likeness (QED) is 0.631. The lowest BCUT2D eigenvalue weighted by molar-refractivity contribution is 0.364. The van der Waals surface area contributed by atoms with Crippen molar-refractivity contribution in [3.63, 3.8) is 0 Å². The van der Waals surface area contributed by atoms with Crippen molar-refractivity contribution in [3.8, 4) is 0 Å². The van der Waals surface area contributed by atoms with Crippen LogP contribution in [0.3, 0.4) is 0 Å². The molecule has 0 unspecified atom stereocenters. The highest BCUT2D eigenvalue weighted by Gasteiger charge is 2.65. The zero-order valence-corrected chi connectivity index (χ0v) is 13.1. The first-order valence-corrected chi connectivity index (χ1v) is 8.73. The second-order valence-electron chi connectivity index (χ2n) is 4.77. The predicted octanol–water partition coefficient (Wildman–Crippen LogP) is 5.06. The molecule has 0 spiro atoms. The average Bonchev–Trinajstić information content (AvgIpc) is 2.79. The standard InChI is InChI=1S/C13H8BrF5N2S/c14-10-4-2-1-3-9(10)13-20-11-6-5-8(7-12(11)21-13)22(15,16,17,18)19/h1-7,13H/t13-/m0/s1. The molecule has 0 radical (unpaired) electrons. The van der Waals surface area contributed by atoms with Gasteiger partial charge in [-0.05, 0) is 24.3 Å². The van der Waals surface area contributed by atoms with Crippen molar-refractivity contribution in [2.45, 2.75) is 11.1 Å². The van der Waals surface area contributed by atoms with Crippen LogP contribution in [0.25, 0.3) is 0 Å². The van der Waals surface area contributed by atoms with E-state index in [0.717, 1.165) is 6.07 Å². The molecular formula is C13H8BrF5N2S. The minimum Gasteiger partial charge on any atom is -0.252 e. The fourth-order valence-corrected chi connectivity index (χ4v) is 3.22. The molecule has 118 valence electrons. The van der Waals surface area contributed by atoms with Gasteiger partial charge in [-0.2, -0.15) is 0 Å². The van der Waals surface area contributed by atoms with Crippen molar-refractivity contribution in [2.75, 3.05) is 0 Å². The first-order valence-electron chi connectivity index (χ1n) is 5.98. The summed E-state index contributed by atoms with van der Waals surface area (Å²) >= 11 is 3.30. The van der Waals surface area contributed by atoms with E-state index >= 15 is 0 Å². The lowest BCUT2D eigenvalue weighted by Crippen LogP contribution is -2.23. The first kappa shape index (κ1) is 15.4. The molecule has 0 aliphatic carbocycles. The summed E-state index contributed by atoms with van der Waals surface area (Å²) in [7, 11) is -9.71. The van der Waals surface area contributed by atoms with Crippen molar-refractivity contribution in [1.82, 2.24) is 0 Å². The van der Waals surface area contributed by atoms with E-state index in [1.165, 1.54) is 0 Å². The van der Waals surface area contributed by atoms with Gasteiger partial charge in [0.15, 0.2) is 6.17 Å². The maximum atomic E-state index is 12.8. The molecule has 2 aromatic rings. The Morgan fingerprint density at radius 1 is 0.864 bits per heavy atom. The van der Waals surface area contributed by atoms with Gasteiger partial charge in [-0.15, -0.1) is 0 Å². The number of hydrogen-bond acceptors (Lipinski definition) is 2. The second-order valence-corrected chi connectivity index (χ2v) is 8.04. The molecule has 2 aromatic carbocycles. The molecule has 3 rings (SSSR count). The van der Waals surface area contributed by atoms with Crippen molar-refractivity contribution >= 4 is 26.2 Å². The molecule has 0 fully saturated rings. The Labute approximate surface area is 130 Å². The van der Waals surface area contributed by atoms with Crippen LogP contribution in [-0.2, 0) is 0 Å². The van der Waals surface area contributed by atoms with Crippen LogP contribution in [0.5, 0.6) is 0 Å². The van der Waals surface area contributed by atoms with E-state index in [9.17, 15) is 19.4 Å². The smallest absolute Gasteiger partial charge is 0.252 e. The minimum atomic E-state index is -9.71. The van der Waals surface area contributed by atoms with Crippen molar-refractivity contribution in [2.24, 2.45) is 9.98 Å². The Hall–Kier alpha value is -1.48. The number of hydrogen-bond donors (Lipinski definition) is 0. The van der Waals surface area contributed by atoms with E-state index in [4.69, 9.17) is 0 Å². The minimum absolute atomic E-state index is 0.159. The molecule has 0 saturated carbocycles. The number of benzene rings is 2. The van der Waals surface area contributed by atoms with Gasteiger partial charge in [-0.3, -0.25) is 9.98 Å². The van der Waals surface area contributed by atoms with Gasteiger partial charge in [0.05, 0.1) is 10.7 Å². The molecule has 1 aliphatic heterocycles. The molecule has 22 heavy (non-hydrogen) atoms. The van der Waals surface area contributed by atoms with Gasteiger partial charge in [-0.1, -0.05) is 53.6 Å². The van der Waals surface area contributed by atoms with Crippen LogP contribution < -0.4 is 10.7 Å². The highest BCUT2D eigenvalue weighted by atomic mass is 79.9. The molecule has 1 aliphatic rings. The van der Waals surface area contributed by atoms with Gasteiger partial charge in [0, 0.05) is 10.0 Å². The molecule has 1 atom stereocenters. The number of nitrogens with zero attached hydrogens (tertiary/aromatic N) is 2. The van der Waals surface area contributed by atoms with Crippen LogP contribution in [0, 0.1) is 0 Å². The summed E-state index contributed by atoms with van der Waals surface area (Å²) in [6.07, 6.45) is -0.751. The van der Waals surface area contributed by atoms with E-state index < -0.39 is 21.3 Å². The van der Waals surface area contributed by atoms with Crippen LogP contribution in [0.15, 0.2) is 61.8 Å². The normalized spacial score (nSPS) is 20.4. The summed E-state index contributed by atoms with van der Waals surface area (Å²) < 4.78 is 64.8. The zero-order valence-electron chi connectivity index (χ0n) is 10.7. The van der Waals surface area contributed by atoms with Gasteiger partial charge in [-0.25, -0.2) is 0 Å². The van der Waals surface area contributed by atoms with Gasteiger partial charge in [0.25, 0.3) is 0 Å². The number of rotatable bonds is 2. The van der Waals surface area contributed by atoms with Crippen LogP contribution in [0.2, 0.25) is 0 Å². The average molecular weight is 399 g/mol. The van der Waals surface area contributed by atoms with E-state index in [1.54, 1.807) is 24.3 Å². The highest BCUT2D eigenvalue weighted by molar-refractivity contribution is 9.10. The zero-order chi connectivity index (χ0) is 16.2. The third-order valence-corrected chi connectivity index (χ3v) is 4.97. The summed E-state index contributed by atoms with van der Waals surface area (Å²) in [4.78, 5) is 6.21. The van der Waals surface area contributed by atoms with Crippen LogP contribution in [0.1, 0.15) is 11.7 Å². The second kappa shape index (κ2) is 4.08. The Kier molecular flexibility index (Phi) is 2.86. The van der Waals surface area contributed by atoms with E-state index in [0.29, 0.717) is 22.2 Å². The fourth-order valence-electron chi connectivity index (χ4n) is 2.07. The SMILES string of the molecule is FS(F)(F)(F)(F)c1ccc2c(c1)=N[C@@H](c1ccccc1Br)N=2. The topological polar surface area (TPSA) is 24.7 Å². The van der Waals surface area contributed by atoms with Crippen LogP contribution in [0.4, 0.5) is 19.4 Å². The molecular weight excluding hydrogens is 391 g/mol. The Balaban J connectivity index is 2.14. The number of halogens is 6. The van der Waals surface area contributed by atoms with Crippen molar-refractivity contribution in [1.29, 1.82) is 0 Å². The monoisotopic (exact) mass is 398 g/mol. The molecule has 0 aromatic heterocycles.